The molecular weight excluding hydrogens is 274 g/mol. The highest BCUT2D eigenvalue weighted by molar-refractivity contribution is 7.89. The lowest BCUT2D eigenvalue weighted by molar-refractivity contribution is 0.588. The van der Waals surface area contributed by atoms with Crippen LogP contribution in [-0.2, 0) is 10.0 Å². The van der Waals surface area contributed by atoms with Crippen LogP contribution in [0.1, 0.15) is 18.7 Å². The molecule has 1 atom stereocenters. The van der Waals surface area contributed by atoms with Gasteiger partial charge in [0.1, 0.15) is 0 Å². The van der Waals surface area contributed by atoms with Gasteiger partial charge in [-0.25, -0.2) is 13.1 Å². The smallest absolute Gasteiger partial charge is 0.240 e. The van der Waals surface area contributed by atoms with E-state index in [2.05, 4.69) is 15.0 Å². The van der Waals surface area contributed by atoms with E-state index in [0.717, 1.165) is 11.4 Å². The number of pyridine rings is 1. The van der Waals surface area contributed by atoms with Gasteiger partial charge in [0.2, 0.25) is 10.0 Å². The van der Waals surface area contributed by atoms with Crippen LogP contribution in [0.2, 0.25) is 0 Å². The first-order valence-corrected chi connectivity index (χ1v) is 7.72. The fraction of sp³-hybridized carbons (Fsp3) is 0.214. The van der Waals surface area contributed by atoms with Gasteiger partial charge in [-0.1, -0.05) is 12.1 Å². The topological polar surface area (TPSA) is 71.1 Å². The minimum atomic E-state index is -3.43. The number of anilines is 1. The van der Waals surface area contributed by atoms with Crippen LogP contribution in [0.25, 0.3) is 0 Å². The van der Waals surface area contributed by atoms with Crippen molar-refractivity contribution < 1.29 is 8.42 Å². The molecule has 0 aliphatic heterocycles. The molecule has 2 rings (SSSR count). The lowest BCUT2D eigenvalue weighted by Gasteiger charge is -2.15. The molecule has 5 nitrogen and oxygen atoms in total. The van der Waals surface area contributed by atoms with Crippen LogP contribution in [0.5, 0.6) is 0 Å². The number of hydrogen-bond donors (Lipinski definition) is 2. The average Bonchev–Trinajstić information content (AvgIpc) is 2.48. The fourth-order valence-electron chi connectivity index (χ4n) is 1.83. The number of rotatable bonds is 5. The molecule has 0 aliphatic rings. The molecule has 0 saturated heterocycles. The molecule has 0 aliphatic carbocycles. The summed E-state index contributed by atoms with van der Waals surface area (Å²) in [5, 5.41) is 3.24. The third kappa shape index (κ3) is 3.34. The van der Waals surface area contributed by atoms with E-state index in [0.29, 0.717) is 0 Å². The van der Waals surface area contributed by atoms with E-state index >= 15 is 0 Å². The van der Waals surface area contributed by atoms with Crippen LogP contribution >= 0.6 is 0 Å². The average molecular weight is 291 g/mol. The standard InChI is InChI=1S/C14H17N3O2S/c1-11(14-8-3-4-9-16-14)17-12-6-5-7-13(10-12)20(18,19)15-2/h3-11,15,17H,1-2H3. The molecule has 1 unspecified atom stereocenters. The van der Waals surface area contributed by atoms with Crippen LogP contribution in [0.3, 0.4) is 0 Å². The minimum absolute atomic E-state index is 0.0104. The van der Waals surface area contributed by atoms with Crippen LogP contribution in [0.4, 0.5) is 5.69 Å². The summed E-state index contributed by atoms with van der Waals surface area (Å²) in [5.41, 5.74) is 1.63. The molecule has 1 aromatic carbocycles. The summed E-state index contributed by atoms with van der Waals surface area (Å²) in [5.74, 6) is 0. The van der Waals surface area contributed by atoms with Crippen molar-refractivity contribution >= 4 is 15.7 Å². The van der Waals surface area contributed by atoms with Gasteiger partial charge in [0.05, 0.1) is 16.6 Å². The number of benzene rings is 1. The summed E-state index contributed by atoms with van der Waals surface area (Å²) in [6.45, 7) is 1.97. The van der Waals surface area contributed by atoms with Gasteiger partial charge in [0, 0.05) is 11.9 Å². The number of aromatic nitrogens is 1. The van der Waals surface area contributed by atoms with Crippen LogP contribution in [0.15, 0.2) is 53.6 Å². The van der Waals surface area contributed by atoms with Crippen LogP contribution in [0, 0.1) is 0 Å². The van der Waals surface area contributed by atoms with E-state index < -0.39 is 10.0 Å². The normalized spacial score (nSPS) is 12.9. The first-order valence-electron chi connectivity index (χ1n) is 6.24. The van der Waals surface area contributed by atoms with E-state index in [-0.39, 0.29) is 10.9 Å². The van der Waals surface area contributed by atoms with E-state index in [1.165, 1.54) is 7.05 Å². The number of sulfonamides is 1. The predicted molar refractivity (Wildman–Crippen MR) is 79.0 cm³/mol. The third-order valence-electron chi connectivity index (χ3n) is 2.93. The molecule has 0 bridgehead atoms. The Kier molecular flexibility index (Phi) is 4.36. The van der Waals surface area contributed by atoms with Gasteiger partial charge in [-0.05, 0) is 44.3 Å². The molecule has 2 N–H and O–H groups in total. The first kappa shape index (κ1) is 14.5. The van der Waals surface area contributed by atoms with Crippen molar-refractivity contribution in [2.45, 2.75) is 17.9 Å². The maximum absolute atomic E-state index is 11.8. The molecule has 0 radical (unpaired) electrons. The molecule has 0 amide bonds. The molecule has 1 aromatic heterocycles. The van der Waals surface area contributed by atoms with Crippen molar-refractivity contribution in [2.75, 3.05) is 12.4 Å². The zero-order chi connectivity index (χ0) is 14.6. The molecule has 20 heavy (non-hydrogen) atoms. The fourth-order valence-corrected chi connectivity index (χ4v) is 2.60. The SMILES string of the molecule is CNS(=O)(=O)c1cccc(NC(C)c2ccccn2)c1. The van der Waals surface area contributed by atoms with Gasteiger partial charge in [-0.15, -0.1) is 0 Å². The zero-order valence-electron chi connectivity index (χ0n) is 11.4. The highest BCUT2D eigenvalue weighted by Crippen LogP contribution is 2.20. The Balaban J connectivity index is 2.21. The second-order valence-electron chi connectivity index (χ2n) is 4.36. The van der Waals surface area contributed by atoms with Crippen molar-refractivity contribution in [1.82, 2.24) is 9.71 Å². The summed E-state index contributed by atoms with van der Waals surface area (Å²) >= 11 is 0. The Hall–Kier alpha value is -1.92. The number of nitrogens with zero attached hydrogens (tertiary/aromatic N) is 1. The van der Waals surface area contributed by atoms with Crippen molar-refractivity contribution in [3.63, 3.8) is 0 Å². The maximum Gasteiger partial charge on any atom is 0.240 e. The Bertz CT molecular complexity index is 672. The van der Waals surface area contributed by atoms with E-state index in [4.69, 9.17) is 0 Å². The van der Waals surface area contributed by atoms with E-state index in [9.17, 15) is 8.42 Å². The van der Waals surface area contributed by atoms with Crippen LogP contribution < -0.4 is 10.0 Å². The van der Waals surface area contributed by atoms with Gasteiger partial charge in [0.15, 0.2) is 0 Å². The summed E-state index contributed by atoms with van der Waals surface area (Å²) in [7, 11) is -2.03. The van der Waals surface area contributed by atoms with Gasteiger partial charge < -0.3 is 5.32 Å². The first-order chi connectivity index (χ1) is 9.53. The second kappa shape index (κ2) is 6.02. The van der Waals surface area contributed by atoms with Crippen molar-refractivity contribution in [1.29, 1.82) is 0 Å². The molecular formula is C14H17N3O2S. The lowest BCUT2D eigenvalue weighted by Crippen LogP contribution is -2.18. The summed E-state index contributed by atoms with van der Waals surface area (Å²) in [6, 6.07) is 12.4. The Morgan fingerprint density at radius 3 is 2.60 bits per heavy atom. The predicted octanol–water partition coefficient (Wildman–Crippen LogP) is 2.16. The Morgan fingerprint density at radius 1 is 1.15 bits per heavy atom. The van der Waals surface area contributed by atoms with Gasteiger partial charge in [-0.2, -0.15) is 0 Å². The largest absolute Gasteiger partial charge is 0.377 e. The van der Waals surface area contributed by atoms with Crippen LogP contribution in [-0.4, -0.2) is 20.4 Å². The quantitative estimate of drug-likeness (QED) is 0.885. The third-order valence-corrected chi connectivity index (χ3v) is 4.34. The van der Waals surface area contributed by atoms with Crippen molar-refractivity contribution in [3.05, 3.63) is 54.4 Å². The molecule has 0 spiro atoms. The highest BCUT2D eigenvalue weighted by atomic mass is 32.2. The van der Waals surface area contributed by atoms with Gasteiger partial charge in [-0.3, -0.25) is 4.98 Å². The highest BCUT2D eigenvalue weighted by Gasteiger charge is 2.12. The van der Waals surface area contributed by atoms with Gasteiger partial charge in [0.25, 0.3) is 0 Å². The summed E-state index contributed by atoms with van der Waals surface area (Å²) < 4.78 is 25.8. The van der Waals surface area contributed by atoms with E-state index in [1.807, 2.05) is 31.2 Å². The second-order valence-corrected chi connectivity index (χ2v) is 6.24. The minimum Gasteiger partial charge on any atom is -0.377 e. The maximum atomic E-state index is 11.8. The van der Waals surface area contributed by atoms with Crippen molar-refractivity contribution in [2.24, 2.45) is 0 Å². The zero-order valence-corrected chi connectivity index (χ0v) is 12.2. The summed E-state index contributed by atoms with van der Waals surface area (Å²) in [6.07, 6.45) is 1.73. The summed E-state index contributed by atoms with van der Waals surface area (Å²) in [4.78, 5) is 4.50. The number of nitrogens with one attached hydrogen (secondary N) is 2. The molecule has 6 heteroatoms. The van der Waals surface area contributed by atoms with Gasteiger partial charge >= 0.3 is 0 Å². The molecule has 0 fully saturated rings. The molecule has 106 valence electrons. The van der Waals surface area contributed by atoms with E-state index in [1.54, 1.807) is 24.4 Å². The molecule has 0 saturated carbocycles. The monoisotopic (exact) mass is 291 g/mol. The molecule has 2 aromatic rings. The lowest BCUT2D eigenvalue weighted by atomic mass is 10.2. The molecule has 1 heterocycles. The Labute approximate surface area is 119 Å². The number of hydrogen-bond acceptors (Lipinski definition) is 4. The Morgan fingerprint density at radius 2 is 1.95 bits per heavy atom. The van der Waals surface area contributed by atoms with Crippen molar-refractivity contribution in [3.8, 4) is 0 Å².